The monoisotopic (exact) mass is 513 g/mol. The first-order valence-corrected chi connectivity index (χ1v) is 15.5. The summed E-state index contributed by atoms with van der Waals surface area (Å²) in [4.78, 5) is 11.0. The second-order valence-electron chi connectivity index (χ2n) is 10.2. The average Bonchev–Trinajstić information content (AvgIpc) is 3.21. The predicted molar refractivity (Wildman–Crippen MR) is 150 cm³/mol. The molecule has 8 heteroatoms. The topological polar surface area (TPSA) is 47.5 Å². The van der Waals surface area contributed by atoms with Gasteiger partial charge in [0.2, 0.25) is 0 Å². The van der Waals surface area contributed by atoms with Gasteiger partial charge in [0, 0.05) is 20.3 Å². The van der Waals surface area contributed by atoms with Gasteiger partial charge in [-0.05, 0) is 60.1 Å². The van der Waals surface area contributed by atoms with Crippen LogP contribution < -0.4 is 9.64 Å². The number of thiazole rings is 1. The molecule has 0 bridgehead atoms. The number of alkyl halides is 1. The molecule has 1 unspecified atom stereocenters. The van der Waals surface area contributed by atoms with E-state index in [1.165, 1.54) is 0 Å². The van der Waals surface area contributed by atoms with Crippen molar-refractivity contribution in [3.8, 4) is 5.75 Å². The Morgan fingerprint density at radius 3 is 2.49 bits per heavy atom. The number of nitrogens with zero attached hydrogens (tertiary/aromatic N) is 3. The molecule has 3 rings (SSSR count). The van der Waals surface area contributed by atoms with E-state index in [2.05, 4.69) is 43.8 Å². The Labute approximate surface area is 213 Å². The van der Waals surface area contributed by atoms with Gasteiger partial charge in [-0.25, -0.2) is 14.4 Å². The summed E-state index contributed by atoms with van der Waals surface area (Å²) in [7, 11) is 1.98. The van der Waals surface area contributed by atoms with Crippen LogP contribution in [0.4, 0.5) is 10.2 Å². The van der Waals surface area contributed by atoms with Crippen LogP contribution in [0.25, 0.3) is 22.4 Å². The maximum absolute atomic E-state index is 13.7. The van der Waals surface area contributed by atoms with E-state index in [1.807, 2.05) is 79.8 Å². The average molecular weight is 514 g/mol. The first-order chi connectivity index (χ1) is 16.5. The number of anilines is 1. The zero-order chi connectivity index (χ0) is 25.6. The van der Waals surface area contributed by atoms with Crippen molar-refractivity contribution < 1.29 is 13.6 Å². The molecule has 0 aliphatic heterocycles. The zero-order valence-corrected chi connectivity index (χ0v) is 23.5. The third kappa shape index (κ3) is 7.46. The fraction of sp³-hybridized carbons (Fsp3) is 0.407. The van der Waals surface area contributed by atoms with Gasteiger partial charge in [0.05, 0.1) is 16.8 Å². The molecule has 0 aliphatic rings. The normalized spacial score (nSPS) is 13.7. The maximum atomic E-state index is 13.7. The van der Waals surface area contributed by atoms with E-state index in [4.69, 9.17) is 9.16 Å². The third-order valence-corrected chi connectivity index (χ3v) is 11.6. The first-order valence-electron chi connectivity index (χ1n) is 11.7. The van der Waals surface area contributed by atoms with Gasteiger partial charge in [-0.15, -0.1) is 11.3 Å². The first kappa shape index (κ1) is 27.0. The lowest BCUT2D eigenvalue weighted by Crippen LogP contribution is -2.43. The summed E-state index contributed by atoms with van der Waals surface area (Å²) >= 11 is 1.57. The van der Waals surface area contributed by atoms with Crippen molar-refractivity contribution in [1.82, 2.24) is 9.97 Å². The Kier molecular flexibility index (Phi) is 8.85. The van der Waals surface area contributed by atoms with Gasteiger partial charge in [0.1, 0.15) is 29.4 Å². The molecule has 0 fully saturated rings. The summed E-state index contributed by atoms with van der Waals surface area (Å²) in [5.41, 5.74) is 1.93. The molecule has 35 heavy (non-hydrogen) atoms. The standard InChI is InChI=1S/C27H36FN3O2SSi/c1-27(2,3)35(6,7)32-19-22(17-28)33-21-13-14-23-24(16-21)34-26(30-23)11-9-8-10-20-12-15-25(29-18-20)31(4)5/h8-16,18,22H,17,19H2,1-7H3/b10-8+,11-9+. The van der Waals surface area contributed by atoms with Crippen molar-refractivity contribution in [3.05, 3.63) is 59.3 Å². The molecule has 1 aromatic carbocycles. The zero-order valence-electron chi connectivity index (χ0n) is 21.7. The van der Waals surface area contributed by atoms with Crippen molar-refractivity contribution >= 4 is 47.8 Å². The van der Waals surface area contributed by atoms with Crippen LogP contribution in [-0.4, -0.2) is 51.8 Å². The number of fused-ring (bicyclic) bond motifs is 1. The Balaban J connectivity index is 1.62. The van der Waals surface area contributed by atoms with Crippen LogP contribution in [0.1, 0.15) is 31.3 Å². The summed E-state index contributed by atoms with van der Waals surface area (Å²) in [6.45, 7) is 10.5. The smallest absolute Gasteiger partial charge is 0.192 e. The lowest BCUT2D eigenvalue weighted by Gasteiger charge is -2.37. The van der Waals surface area contributed by atoms with E-state index < -0.39 is 21.1 Å². The van der Waals surface area contributed by atoms with Crippen LogP contribution >= 0.6 is 11.3 Å². The molecule has 3 aromatic rings. The van der Waals surface area contributed by atoms with E-state index in [1.54, 1.807) is 11.3 Å². The van der Waals surface area contributed by atoms with Crippen molar-refractivity contribution in [3.63, 3.8) is 0 Å². The molecule has 0 radical (unpaired) electrons. The molecule has 0 aliphatic carbocycles. The Hall–Kier alpha value is -2.55. The van der Waals surface area contributed by atoms with Gasteiger partial charge in [0.25, 0.3) is 0 Å². The lowest BCUT2D eigenvalue weighted by atomic mass is 10.2. The number of halogens is 1. The number of allylic oxidation sites excluding steroid dienone is 2. The predicted octanol–water partition coefficient (Wildman–Crippen LogP) is 7.22. The van der Waals surface area contributed by atoms with Crippen LogP contribution in [0.15, 0.2) is 48.7 Å². The van der Waals surface area contributed by atoms with E-state index in [9.17, 15) is 4.39 Å². The summed E-state index contributed by atoms with van der Waals surface area (Å²) in [5.74, 6) is 1.56. The second-order valence-corrected chi connectivity index (χ2v) is 16.1. The quantitative estimate of drug-likeness (QED) is 0.211. The fourth-order valence-corrected chi connectivity index (χ4v) is 4.90. The highest BCUT2D eigenvalue weighted by molar-refractivity contribution is 7.19. The van der Waals surface area contributed by atoms with Gasteiger partial charge in [-0.3, -0.25) is 0 Å². The van der Waals surface area contributed by atoms with Crippen molar-refractivity contribution in [2.75, 3.05) is 32.3 Å². The van der Waals surface area contributed by atoms with E-state index >= 15 is 0 Å². The van der Waals surface area contributed by atoms with E-state index in [-0.39, 0.29) is 11.6 Å². The van der Waals surface area contributed by atoms with Gasteiger partial charge in [-0.2, -0.15) is 0 Å². The van der Waals surface area contributed by atoms with Crippen LogP contribution in [-0.2, 0) is 4.43 Å². The van der Waals surface area contributed by atoms with Crippen LogP contribution in [0.2, 0.25) is 18.1 Å². The second kappa shape index (κ2) is 11.5. The number of benzene rings is 1. The minimum Gasteiger partial charge on any atom is -0.485 e. The number of ether oxygens (including phenoxy) is 1. The molecule has 1 atom stereocenters. The molecule has 0 spiro atoms. The molecule has 0 saturated carbocycles. The number of aromatic nitrogens is 2. The lowest BCUT2D eigenvalue weighted by molar-refractivity contribution is 0.0976. The van der Waals surface area contributed by atoms with Crippen molar-refractivity contribution in [1.29, 1.82) is 0 Å². The summed E-state index contributed by atoms with van der Waals surface area (Å²) in [5, 5.41) is 0.966. The van der Waals surface area contributed by atoms with Crippen LogP contribution in [0.5, 0.6) is 5.75 Å². The number of hydrogen-bond donors (Lipinski definition) is 0. The van der Waals surface area contributed by atoms with Gasteiger partial charge >= 0.3 is 0 Å². The molecule has 188 valence electrons. The summed E-state index contributed by atoms with van der Waals surface area (Å²) < 4.78 is 26.7. The largest absolute Gasteiger partial charge is 0.485 e. The highest BCUT2D eigenvalue weighted by atomic mass is 32.1. The minimum absolute atomic E-state index is 0.0715. The van der Waals surface area contributed by atoms with Gasteiger partial charge in [-0.1, -0.05) is 39.0 Å². The third-order valence-electron chi connectivity index (χ3n) is 6.16. The highest BCUT2D eigenvalue weighted by Gasteiger charge is 2.37. The van der Waals surface area contributed by atoms with E-state index in [0.29, 0.717) is 5.75 Å². The number of pyridine rings is 1. The number of rotatable bonds is 10. The van der Waals surface area contributed by atoms with Crippen LogP contribution in [0, 0.1) is 0 Å². The molecule has 2 aromatic heterocycles. The molecule has 0 saturated heterocycles. The Morgan fingerprint density at radius 2 is 1.86 bits per heavy atom. The van der Waals surface area contributed by atoms with E-state index in [0.717, 1.165) is 26.6 Å². The van der Waals surface area contributed by atoms with Crippen molar-refractivity contribution in [2.24, 2.45) is 0 Å². The molecular formula is C27H36FN3O2SSi. The van der Waals surface area contributed by atoms with Gasteiger partial charge < -0.3 is 14.1 Å². The SMILES string of the molecule is CN(C)c1ccc(/C=C/C=C/c2nc3ccc(OC(CF)CO[Si](C)(C)C(C)(C)C)cc3s2)cn1. The van der Waals surface area contributed by atoms with Crippen LogP contribution in [0.3, 0.4) is 0 Å². The Bertz CT molecular complexity index is 1170. The Morgan fingerprint density at radius 1 is 1.11 bits per heavy atom. The molecular weight excluding hydrogens is 477 g/mol. The highest BCUT2D eigenvalue weighted by Crippen LogP contribution is 2.36. The maximum Gasteiger partial charge on any atom is 0.192 e. The number of hydrogen-bond acceptors (Lipinski definition) is 6. The van der Waals surface area contributed by atoms with Crippen molar-refractivity contribution in [2.45, 2.75) is 45.0 Å². The minimum atomic E-state index is -1.96. The molecule has 0 N–H and O–H groups in total. The molecule has 2 heterocycles. The molecule has 5 nitrogen and oxygen atoms in total. The summed E-state index contributed by atoms with van der Waals surface area (Å²) in [6.07, 6.45) is 9.14. The summed E-state index contributed by atoms with van der Waals surface area (Å²) in [6, 6.07) is 9.70. The van der Waals surface area contributed by atoms with Gasteiger partial charge in [0.15, 0.2) is 8.32 Å². The fourth-order valence-electron chi connectivity index (χ4n) is 2.95. The molecule has 0 amide bonds.